The van der Waals surface area contributed by atoms with Crippen molar-refractivity contribution in [3.63, 3.8) is 0 Å². The number of ether oxygens (including phenoxy) is 2. The largest absolute Gasteiger partial charge is 0.465 e. The number of anilines is 2. The number of hydrogen-bond donors (Lipinski definition) is 5. The first-order valence-electron chi connectivity index (χ1n) is 33.1. The maximum Gasteiger partial charge on any atom is 0.410 e. The highest BCUT2D eigenvalue weighted by atomic mass is 19.1. The topological polar surface area (TPSA) is 243 Å². The zero-order valence-corrected chi connectivity index (χ0v) is 57.0. The van der Waals surface area contributed by atoms with Crippen molar-refractivity contribution in [3.05, 3.63) is 130 Å². The van der Waals surface area contributed by atoms with Crippen LogP contribution in [-0.4, -0.2) is 185 Å². The lowest BCUT2D eigenvalue weighted by atomic mass is 9.79. The predicted molar refractivity (Wildman–Crippen MR) is 356 cm³/mol. The van der Waals surface area contributed by atoms with Crippen LogP contribution in [0.25, 0.3) is 0 Å². The molecule has 4 aromatic rings. The molecule has 9 rings (SSSR count). The second-order valence-corrected chi connectivity index (χ2v) is 29.4. The molecule has 8 amide bonds. The van der Waals surface area contributed by atoms with Crippen LogP contribution < -0.4 is 26.2 Å². The number of nitrogens with zero attached hydrogens (tertiary/aromatic N) is 6. The van der Waals surface area contributed by atoms with Crippen LogP contribution in [0.5, 0.6) is 0 Å². The molecule has 4 aliphatic heterocycles. The number of nitrogens with one attached hydrogen (secondary N) is 4. The monoisotopic (exact) mass is 1300 g/mol. The van der Waals surface area contributed by atoms with Gasteiger partial charge in [-0.1, -0.05) is 96.1 Å². The van der Waals surface area contributed by atoms with Crippen molar-refractivity contribution in [1.29, 1.82) is 0 Å². The van der Waals surface area contributed by atoms with Crippen molar-refractivity contribution in [2.75, 3.05) is 76.3 Å². The highest BCUT2D eigenvalue weighted by molar-refractivity contribution is 6.04. The van der Waals surface area contributed by atoms with Crippen LogP contribution in [0, 0.1) is 16.6 Å². The molecule has 0 bridgehead atoms. The van der Waals surface area contributed by atoms with Crippen LogP contribution in [0.15, 0.2) is 84.9 Å². The van der Waals surface area contributed by atoms with Crippen molar-refractivity contribution in [2.24, 2.45) is 10.8 Å². The Balaban J connectivity index is 0.945. The van der Waals surface area contributed by atoms with Crippen LogP contribution in [0.1, 0.15) is 147 Å². The van der Waals surface area contributed by atoms with E-state index in [-0.39, 0.29) is 68.4 Å². The molecule has 2 saturated heterocycles. The molecule has 1 aliphatic carbocycles. The number of rotatable bonds is 18. The van der Waals surface area contributed by atoms with E-state index in [1.54, 1.807) is 63.8 Å². The van der Waals surface area contributed by atoms with Crippen molar-refractivity contribution in [1.82, 2.24) is 40.4 Å². The minimum absolute atomic E-state index is 0.0618. The van der Waals surface area contributed by atoms with E-state index in [1.807, 2.05) is 70.2 Å². The average Bonchev–Trinajstić information content (AvgIpc) is 1.53. The molecule has 21 nitrogen and oxygen atoms in total. The number of amides is 8. The van der Waals surface area contributed by atoms with Crippen molar-refractivity contribution in [2.45, 2.75) is 181 Å². The van der Waals surface area contributed by atoms with Gasteiger partial charge in [-0.15, -0.1) is 0 Å². The van der Waals surface area contributed by atoms with E-state index in [9.17, 15) is 38.3 Å². The lowest BCUT2D eigenvalue weighted by molar-refractivity contribution is -0.147. The summed E-state index contributed by atoms with van der Waals surface area (Å²) in [5.74, 6) is -3.18. The van der Waals surface area contributed by atoms with Gasteiger partial charge in [0.15, 0.2) is 0 Å². The summed E-state index contributed by atoms with van der Waals surface area (Å²) in [5.41, 5.74) is 3.24. The number of benzene rings is 4. The van der Waals surface area contributed by atoms with E-state index >= 15 is 9.59 Å². The van der Waals surface area contributed by atoms with Gasteiger partial charge in [0.05, 0.1) is 43.8 Å². The van der Waals surface area contributed by atoms with Gasteiger partial charge in [-0.05, 0) is 154 Å². The van der Waals surface area contributed by atoms with Gasteiger partial charge in [-0.25, -0.2) is 14.0 Å². The lowest BCUT2D eigenvalue weighted by Gasteiger charge is -2.51. The molecule has 94 heavy (non-hydrogen) atoms. The van der Waals surface area contributed by atoms with E-state index in [0.29, 0.717) is 74.6 Å². The highest BCUT2D eigenvalue weighted by Crippen LogP contribution is 2.43. The van der Waals surface area contributed by atoms with E-state index in [4.69, 9.17) is 9.47 Å². The molecule has 0 spiro atoms. The molecule has 5 aliphatic rings. The van der Waals surface area contributed by atoms with Crippen molar-refractivity contribution in [3.8, 4) is 0 Å². The Bertz CT molecular complexity index is 3500. The molecule has 5 N–H and O–H groups in total. The first-order chi connectivity index (χ1) is 44.2. The lowest BCUT2D eigenvalue weighted by Crippen LogP contribution is -2.67. The summed E-state index contributed by atoms with van der Waals surface area (Å²) in [4.78, 5) is 125. The number of fused-ring (bicyclic) bond motifs is 3. The Labute approximate surface area is 552 Å². The van der Waals surface area contributed by atoms with E-state index in [2.05, 4.69) is 57.9 Å². The molecule has 0 aromatic heterocycles. The fourth-order valence-corrected chi connectivity index (χ4v) is 13.7. The van der Waals surface area contributed by atoms with E-state index in [0.717, 1.165) is 40.7 Å². The summed E-state index contributed by atoms with van der Waals surface area (Å²) in [6.45, 7) is 24.2. The first kappa shape index (κ1) is 70.4. The van der Waals surface area contributed by atoms with Crippen LogP contribution in [0.4, 0.5) is 25.4 Å². The molecule has 0 saturated carbocycles. The number of carbonyl (C=O) groups is 8. The summed E-state index contributed by atoms with van der Waals surface area (Å²) < 4.78 is 25.3. The van der Waals surface area contributed by atoms with E-state index < -0.39 is 88.4 Å². The molecule has 2 fully saturated rings. The number of halogens is 1. The number of carbonyl (C=O) groups excluding carboxylic acids is 7. The number of likely N-dealkylation sites (N-methyl/N-ethyl adjacent to an activating group) is 1. The van der Waals surface area contributed by atoms with Gasteiger partial charge in [0.25, 0.3) is 0 Å². The second-order valence-electron chi connectivity index (χ2n) is 29.4. The number of aryl methyl sites for hydroxylation is 1. The zero-order chi connectivity index (χ0) is 68.4. The Hall–Kier alpha value is -7.95. The standard InChI is InChI=1S/C72H97FN10O11/c1-14-71(10,11)59-40-80(53(39-82(59)67(90)91)38-79-30-31-93-42-44(79)2)41-61(85)83-43-72(12,55-29-24-47(33-57(55)83)32-46-22-26-51(73)27-23-46)66(89)74-36-60(84)75-52-28-25-49-35-58(64(87)76-56-21-17-19-48-18-15-16-20-54(48)56)81(37-50(49)34-52)65(88)62(69(4,5)6)77-63(86)45(3)78(13)68(92)94-70(7,8)9/h15-16,18,20,22-29,33-34,44-45,53,56,58-59,62H,14,17,19,21,30-32,35-43H2,1-13H3,(H,74,89)(H,75,84)(H,76,87)(H,77,86)(H,90,91)/t44-,45+,53+,56-,58+,59+,62-,72+/m1/s1. The summed E-state index contributed by atoms with van der Waals surface area (Å²) in [5, 5.41) is 22.6. The summed E-state index contributed by atoms with van der Waals surface area (Å²) in [7, 11) is 1.45. The predicted octanol–water partition coefficient (Wildman–Crippen LogP) is 8.20. The zero-order valence-electron chi connectivity index (χ0n) is 57.0. The third kappa shape index (κ3) is 16.1. The summed E-state index contributed by atoms with van der Waals surface area (Å²) in [6, 6.07) is 20.9. The number of hydrogen-bond acceptors (Lipinski definition) is 12. The molecular weight excluding hydrogens is 1200 g/mol. The van der Waals surface area contributed by atoms with Crippen molar-refractivity contribution >= 4 is 59.0 Å². The molecule has 0 unspecified atom stereocenters. The van der Waals surface area contributed by atoms with Gasteiger partial charge in [-0.3, -0.25) is 43.5 Å². The third-order valence-electron chi connectivity index (χ3n) is 19.9. The van der Waals surface area contributed by atoms with Crippen LogP contribution in [-0.2, 0) is 69.5 Å². The van der Waals surface area contributed by atoms with Gasteiger partial charge in [-0.2, -0.15) is 0 Å². The fourth-order valence-electron chi connectivity index (χ4n) is 13.7. The maximum absolute atomic E-state index is 15.3. The van der Waals surface area contributed by atoms with Crippen LogP contribution in [0.3, 0.4) is 0 Å². The Morgan fingerprint density at radius 3 is 2.26 bits per heavy atom. The fraction of sp³-hybridized carbons (Fsp3) is 0.556. The molecule has 8 atom stereocenters. The minimum atomic E-state index is -1.35. The number of carboxylic acid groups (broad SMARTS) is 1. The molecule has 4 heterocycles. The number of piperazine rings is 1. The second kappa shape index (κ2) is 28.6. The minimum Gasteiger partial charge on any atom is -0.465 e. The molecule has 22 heteroatoms. The normalized spacial score (nSPS) is 22.4. The van der Waals surface area contributed by atoms with Gasteiger partial charge < -0.3 is 50.5 Å². The van der Waals surface area contributed by atoms with Crippen LogP contribution in [0.2, 0.25) is 0 Å². The van der Waals surface area contributed by atoms with Crippen molar-refractivity contribution < 1.29 is 57.3 Å². The molecular formula is C72H97FN10O11. The molecule has 4 aromatic carbocycles. The average molecular weight is 1300 g/mol. The smallest absolute Gasteiger partial charge is 0.410 e. The molecule has 0 radical (unpaired) electrons. The van der Waals surface area contributed by atoms with Crippen LogP contribution >= 0.6 is 0 Å². The Morgan fingerprint density at radius 1 is 0.862 bits per heavy atom. The van der Waals surface area contributed by atoms with Gasteiger partial charge in [0.1, 0.15) is 29.5 Å². The van der Waals surface area contributed by atoms with E-state index in [1.165, 1.54) is 33.9 Å². The van der Waals surface area contributed by atoms with Gasteiger partial charge in [0.2, 0.25) is 35.4 Å². The first-order valence-corrected chi connectivity index (χ1v) is 33.1. The van der Waals surface area contributed by atoms with Gasteiger partial charge >= 0.3 is 12.2 Å². The SMILES string of the molecule is CCC(C)(C)[C@@H]1CN(CC(=O)N2C[C@](C)(C(=O)NCC(=O)Nc3ccc4c(c3)CN(C(=O)[C@@H](NC(=O)[C@H](C)N(C)C(=O)OC(C)(C)C)C(C)(C)C)[C@H](C(=O)N[C@@H]3CCCc5ccccc53)C4)c3ccc(Cc4ccc(F)cc4)cc32)[C@@H](CN2CCOC[C@H]2C)CN1C(=O)O. The number of morpholine rings is 1. The quantitative estimate of drug-likeness (QED) is 0.0632. The Morgan fingerprint density at radius 2 is 1.57 bits per heavy atom. The summed E-state index contributed by atoms with van der Waals surface area (Å²) >= 11 is 0. The third-order valence-corrected chi connectivity index (χ3v) is 19.9. The summed E-state index contributed by atoms with van der Waals surface area (Å²) in [6.07, 6.45) is 1.97. The molecule has 508 valence electrons. The Kier molecular flexibility index (Phi) is 21.4. The highest BCUT2D eigenvalue weighted by Gasteiger charge is 2.50. The maximum atomic E-state index is 15.3. The van der Waals surface area contributed by atoms with Gasteiger partial charge in [0, 0.05) is 76.2 Å².